The molecule has 0 amide bonds. The molecule has 0 aliphatic heterocycles. The van der Waals surface area contributed by atoms with Gasteiger partial charge in [0, 0.05) is 18.1 Å². The molecule has 1 heterocycles. The Kier molecular flexibility index (Phi) is 2.96. The van der Waals surface area contributed by atoms with Gasteiger partial charge in [0.2, 0.25) is 0 Å². The zero-order valence-corrected chi connectivity index (χ0v) is 8.12. The quantitative estimate of drug-likeness (QED) is 0.783. The van der Waals surface area contributed by atoms with E-state index in [-0.39, 0.29) is 6.04 Å². The van der Waals surface area contributed by atoms with Gasteiger partial charge in [0.1, 0.15) is 6.17 Å². The van der Waals surface area contributed by atoms with Crippen LogP contribution in [-0.4, -0.2) is 17.2 Å². The maximum atomic E-state index is 13.5. The van der Waals surface area contributed by atoms with Crippen molar-refractivity contribution in [2.45, 2.75) is 37.9 Å². The van der Waals surface area contributed by atoms with Crippen LogP contribution in [-0.2, 0) is 0 Å². The predicted octanol–water partition coefficient (Wildman–Crippen LogP) is 2.77. The molecule has 1 aliphatic rings. The van der Waals surface area contributed by atoms with Gasteiger partial charge in [-0.15, -0.1) is 0 Å². The lowest BCUT2D eigenvalue weighted by molar-refractivity contribution is 0.230. The van der Waals surface area contributed by atoms with Crippen molar-refractivity contribution in [3.05, 3.63) is 24.5 Å². The van der Waals surface area contributed by atoms with Crippen LogP contribution in [0.1, 0.15) is 25.7 Å². The first-order valence-electron chi connectivity index (χ1n) is 5.17. The number of rotatable bonds is 2. The van der Waals surface area contributed by atoms with E-state index in [9.17, 15) is 4.39 Å². The fraction of sp³-hybridized carbons (Fsp3) is 0.545. The summed E-state index contributed by atoms with van der Waals surface area (Å²) in [5.74, 6) is 0. The summed E-state index contributed by atoms with van der Waals surface area (Å²) in [4.78, 5) is 3.92. The SMILES string of the molecule is F[C@@H]1CCCC[C@H]1Nc1ccncc1. The van der Waals surface area contributed by atoms with Crippen LogP contribution in [0.4, 0.5) is 10.1 Å². The van der Waals surface area contributed by atoms with Crippen molar-refractivity contribution < 1.29 is 4.39 Å². The van der Waals surface area contributed by atoms with Crippen molar-refractivity contribution in [2.24, 2.45) is 0 Å². The highest BCUT2D eigenvalue weighted by molar-refractivity contribution is 5.42. The summed E-state index contributed by atoms with van der Waals surface area (Å²) in [7, 11) is 0. The van der Waals surface area contributed by atoms with Crippen molar-refractivity contribution >= 4 is 5.69 Å². The minimum atomic E-state index is -0.697. The second kappa shape index (κ2) is 4.40. The third-order valence-electron chi connectivity index (χ3n) is 2.71. The van der Waals surface area contributed by atoms with E-state index in [1.165, 1.54) is 0 Å². The van der Waals surface area contributed by atoms with Crippen LogP contribution in [0, 0.1) is 0 Å². The summed E-state index contributed by atoms with van der Waals surface area (Å²) in [6, 6.07) is 3.74. The predicted molar refractivity (Wildman–Crippen MR) is 55.0 cm³/mol. The van der Waals surface area contributed by atoms with Gasteiger partial charge in [-0.05, 0) is 25.0 Å². The van der Waals surface area contributed by atoms with Gasteiger partial charge in [0.15, 0.2) is 0 Å². The number of alkyl halides is 1. The smallest absolute Gasteiger partial charge is 0.120 e. The molecule has 0 unspecified atom stereocenters. The summed E-state index contributed by atoms with van der Waals surface area (Å²) in [6.07, 6.45) is 6.53. The molecule has 0 radical (unpaired) electrons. The van der Waals surface area contributed by atoms with E-state index >= 15 is 0 Å². The Hall–Kier alpha value is -1.12. The van der Waals surface area contributed by atoms with Crippen LogP contribution >= 0.6 is 0 Å². The highest BCUT2D eigenvalue weighted by atomic mass is 19.1. The lowest BCUT2D eigenvalue weighted by Gasteiger charge is -2.27. The third-order valence-corrected chi connectivity index (χ3v) is 2.71. The van der Waals surface area contributed by atoms with Gasteiger partial charge in [-0.25, -0.2) is 4.39 Å². The van der Waals surface area contributed by atoms with Crippen molar-refractivity contribution in [3.8, 4) is 0 Å². The van der Waals surface area contributed by atoms with Crippen molar-refractivity contribution in [2.75, 3.05) is 5.32 Å². The Morgan fingerprint density at radius 3 is 2.64 bits per heavy atom. The van der Waals surface area contributed by atoms with Gasteiger partial charge in [-0.1, -0.05) is 12.8 Å². The molecular weight excluding hydrogens is 179 g/mol. The molecule has 0 aromatic carbocycles. The summed E-state index contributed by atoms with van der Waals surface area (Å²) in [5, 5.41) is 3.22. The van der Waals surface area contributed by atoms with Gasteiger partial charge >= 0.3 is 0 Å². The fourth-order valence-electron chi connectivity index (χ4n) is 1.91. The maximum Gasteiger partial charge on any atom is 0.120 e. The van der Waals surface area contributed by atoms with Crippen LogP contribution < -0.4 is 5.32 Å². The van der Waals surface area contributed by atoms with Gasteiger partial charge in [-0.2, -0.15) is 0 Å². The molecule has 0 saturated heterocycles. The van der Waals surface area contributed by atoms with Gasteiger partial charge in [-0.3, -0.25) is 4.98 Å². The topological polar surface area (TPSA) is 24.9 Å². The number of hydrogen-bond donors (Lipinski definition) is 1. The average molecular weight is 194 g/mol. The number of nitrogens with one attached hydrogen (secondary N) is 1. The molecule has 3 heteroatoms. The number of hydrogen-bond acceptors (Lipinski definition) is 2. The molecule has 1 aromatic rings. The Morgan fingerprint density at radius 2 is 1.93 bits per heavy atom. The van der Waals surface area contributed by atoms with Crippen LogP contribution in [0.3, 0.4) is 0 Å². The van der Waals surface area contributed by atoms with E-state index in [4.69, 9.17) is 0 Å². The van der Waals surface area contributed by atoms with Gasteiger partial charge in [0.25, 0.3) is 0 Å². The molecule has 1 aromatic heterocycles. The molecule has 2 rings (SSSR count). The summed E-state index contributed by atoms with van der Waals surface area (Å²) in [5.41, 5.74) is 0.967. The number of pyridine rings is 1. The molecule has 2 nitrogen and oxygen atoms in total. The van der Waals surface area contributed by atoms with E-state index in [0.29, 0.717) is 6.42 Å². The van der Waals surface area contributed by atoms with Crippen LogP contribution in [0.2, 0.25) is 0 Å². The van der Waals surface area contributed by atoms with Crippen molar-refractivity contribution in [3.63, 3.8) is 0 Å². The molecule has 1 fully saturated rings. The third kappa shape index (κ3) is 2.22. The maximum absolute atomic E-state index is 13.5. The molecule has 0 bridgehead atoms. The zero-order valence-electron chi connectivity index (χ0n) is 8.12. The minimum absolute atomic E-state index is 0.00819. The second-order valence-electron chi connectivity index (χ2n) is 3.79. The van der Waals surface area contributed by atoms with Crippen LogP contribution in [0.25, 0.3) is 0 Å². The first-order chi connectivity index (χ1) is 6.86. The normalized spacial score (nSPS) is 27.2. The number of anilines is 1. The van der Waals surface area contributed by atoms with Crippen LogP contribution in [0.15, 0.2) is 24.5 Å². The summed E-state index contributed by atoms with van der Waals surface area (Å²) < 4.78 is 13.5. The molecule has 0 spiro atoms. The molecule has 14 heavy (non-hydrogen) atoms. The highest BCUT2D eigenvalue weighted by Gasteiger charge is 2.24. The van der Waals surface area contributed by atoms with Gasteiger partial charge < -0.3 is 5.32 Å². The standard InChI is InChI=1S/C11H15FN2/c12-10-3-1-2-4-11(10)14-9-5-7-13-8-6-9/h5-8,10-11H,1-4H2,(H,13,14)/t10-,11-/m1/s1. The Bertz CT molecular complexity index is 276. The molecule has 2 atom stereocenters. The summed E-state index contributed by atoms with van der Waals surface area (Å²) >= 11 is 0. The second-order valence-corrected chi connectivity index (χ2v) is 3.79. The monoisotopic (exact) mass is 194 g/mol. The van der Waals surface area contributed by atoms with Gasteiger partial charge in [0.05, 0.1) is 6.04 Å². The minimum Gasteiger partial charge on any atom is -0.379 e. The Balaban J connectivity index is 1.96. The first-order valence-corrected chi connectivity index (χ1v) is 5.17. The molecule has 1 saturated carbocycles. The largest absolute Gasteiger partial charge is 0.379 e. The Labute approximate surface area is 83.6 Å². The van der Waals surface area contributed by atoms with E-state index in [2.05, 4.69) is 10.3 Å². The van der Waals surface area contributed by atoms with Crippen LogP contribution in [0.5, 0.6) is 0 Å². The average Bonchev–Trinajstić information content (AvgIpc) is 2.23. The van der Waals surface area contributed by atoms with E-state index < -0.39 is 6.17 Å². The number of nitrogens with zero attached hydrogens (tertiary/aromatic N) is 1. The molecule has 1 aliphatic carbocycles. The zero-order chi connectivity index (χ0) is 9.80. The lowest BCUT2D eigenvalue weighted by atomic mass is 9.93. The number of aromatic nitrogens is 1. The van der Waals surface area contributed by atoms with E-state index in [0.717, 1.165) is 24.9 Å². The van der Waals surface area contributed by atoms with Crippen molar-refractivity contribution in [1.29, 1.82) is 0 Å². The molecule has 76 valence electrons. The van der Waals surface area contributed by atoms with E-state index in [1.54, 1.807) is 12.4 Å². The van der Waals surface area contributed by atoms with Crippen molar-refractivity contribution in [1.82, 2.24) is 4.98 Å². The van der Waals surface area contributed by atoms with E-state index in [1.807, 2.05) is 12.1 Å². The Morgan fingerprint density at radius 1 is 1.21 bits per heavy atom. The molecule has 1 N–H and O–H groups in total. The first kappa shape index (κ1) is 9.44. The fourth-order valence-corrected chi connectivity index (χ4v) is 1.91. The lowest BCUT2D eigenvalue weighted by Crippen LogP contribution is -2.33. The highest BCUT2D eigenvalue weighted by Crippen LogP contribution is 2.24. The number of halogens is 1. The molecular formula is C11H15FN2. The summed E-state index contributed by atoms with van der Waals surface area (Å²) in [6.45, 7) is 0.